The molecule has 0 aliphatic carbocycles. The fraction of sp³-hybridized carbons (Fsp3) is 0.333. The smallest absolute Gasteiger partial charge is 0.251 e. The standard InChI is InChI=1S/C15H20N4O/c1-3-14(17-4-2)11-5-7-13(8-6-11)19-10-12(9-18-19)15(16)20/h5-10,14,17H,3-4H2,1-2H3,(H2,16,20). The van der Waals surface area contributed by atoms with Crippen molar-refractivity contribution < 1.29 is 4.79 Å². The van der Waals surface area contributed by atoms with Gasteiger partial charge in [-0.25, -0.2) is 4.68 Å². The molecule has 0 bridgehead atoms. The first-order valence-corrected chi connectivity index (χ1v) is 6.83. The van der Waals surface area contributed by atoms with Crippen LogP contribution < -0.4 is 11.1 Å². The topological polar surface area (TPSA) is 72.9 Å². The number of carbonyl (C=O) groups excluding carboxylic acids is 1. The van der Waals surface area contributed by atoms with Crippen molar-refractivity contribution in [1.29, 1.82) is 0 Å². The van der Waals surface area contributed by atoms with E-state index in [1.165, 1.54) is 11.8 Å². The van der Waals surface area contributed by atoms with Crippen LogP contribution in [0.4, 0.5) is 0 Å². The number of aromatic nitrogens is 2. The van der Waals surface area contributed by atoms with E-state index >= 15 is 0 Å². The molecule has 2 aromatic rings. The summed E-state index contributed by atoms with van der Waals surface area (Å²) in [7, 11) is 0. The lowest BCUT2D eigenvalue weighted by atomic mass is 10.0. The van der Waals surface area contributed by atoms with Gasteiger partial charge >= 0.3 is 0 Å². The van der Waals surface area contributed by atoms with Crippen molar-refractivity contribution in [1.82, 2.24) is 15.1 Å². The molecule has 5 heteroatoms. The third kappa shape index (κ3) is 3.05. The molecule has 1 amide bonds. The van der Waals surface area contributed by atoms with Crippen LogP contribution in [0.1, 0.15) is 42.2 Å². The summed E-state index contributed by atoms with van der Waals surface area (Å²) >= 11 is 0. The summed E-state index contributed by atoms with van der Waals surface area (Å²) in [5, 5.41) is 7.58. The maximum Gasteiger partial charge on any atom is 0.251 e. The molecule has 0 saturated carbocycles. The average Bonchev–Trinajstić information content (AvgIpc) is 2.95. The largest absolute Gasteiger partial charge is 0.366 e. The van der Waals surface area contributed by atoms with Gasteiger partial charge in [-0.3, -0.25) is 4.79 Å². The lowest BCUT2D eigenvalue weighted by Gasteiger charge is -2.16. The first-order valence-electron chi connectivity index (χ1n) is 6.83. The average molecular weight is 272 g/mol. The number of nitrogens with two attached hydrogens (primary N) is 1. The molecule has 1 atom stereocenters. The van der Waals surface area contributed by atoms with Crippen LogP contribution in [-0.2, 0) is 0 Å². The predicted molar refractivity (Wildman–Crippen MR) is 78.8 cm³/mol. The minimum absolute atomic E-state index is 0.368. The van der Waals surface area contributed by atoms with Crippen LogP contribution in [0.2, 0.25) is 0 Å². The van der Waals surface area contributed by atoms with Gasteiger partial charge in [-0.15, -0.1) is 0 Å². The Labute approximate surface area is 118 Å². The van der Waals surface area contributed by atoms with E-state index in [0.717, 1.165) is 18.7 Å². The van der Waals surface area contributed by atoms with Crippen LogP contribution >= 0.6 is 0 Å². The van der Waals surface area contributed by atoms with Gasteiger partial charge in [0.25, 0.3) is 5.91 Å². The number of primary amides is 1. The third-order valence-corrected chi connectivity index (χ3v) is 3.29. The second-order valence-corrected chi connectivity index (χ2v) is 4.65. The van der Waals surface area contributed by atoms with Gasteiger partial charge in [0.2, 0.25) is 0 Å². The Bertz CT molecular complexity index is 574. The summed E-state index contributed by atoms with van der Waals surface area (Å²) in [6.07, 6.45) is 4.16. The second kappa shape index (κ2) is 6.34. The summed E-state index contributed by atoms with van der Waals surface area (Å²) in [6, 6.07) is 8.52. The van der Waals surface area contributed by atoms with E-state index in [-0.39, 0.29) is 0 Å². The Hall–Kier alpha value is -2.14. The van der Waals surface area contributed by atoms with Gasteiger partial charge in [-0.2, -0.15) is 5.10 Å². The maximum absolute atomic E-state index is 11.1. The summed E-state index contributed by atoms with van der Waals surface area (Å²) < 4.78 is 1.65. The van der Waals surface area contributed by atoms with Gasteiger partial charge in [-0.1, -0.05) is 26.0 Å². The van der Waals surface area contributed by atoms with E-state index in [2.05, 4.69) is 36.4 Å². The Balaban J connectivity index is 2.20. The molecule has 20 heavy (non-hydrogen) atoms. The Morgan fingerprint density at radius 2 is 2.05 bits per heavy atom. The number of hydrogen-bond donors (Lipinski definition) is 2. The molecule has 0 spiro atoms. The van der Waals surface area contributed by atoms with Crippen LogP contribution in [0.5, 0.6) is 0 Å². The number of hydrogen-bond acceptors (Lipinski definition) is 3. The third-order valence-electron chi connectivity index (χ3n) is 3.29. The lowest BCUT2D eigenvalue weighted by molar-refractivity contribution is 0.100. The lowest BCUT2D eigenvalue weighted by Crippen LogP contribution is -2.19. The molecule has 1 unspecified atom stereocenters. The van der Waals surface area contributed by atoms with E-state index in [1.807, 2.05) is 12.1 Å². The van der Waals surface area contributed by atoms with Gasteiger partial charge in [0.1, 0.15) is 0 Å². The van der Waals surface area contributed by atoms with Gasteiger partial charge in [0.15, 0.2) is 0 Å². The number of benzene rings is 1. The Morgan fingerprint density at radius 1 is 1.35 bits per heavy atom. The predicted octanol–water partition coefficient (Wildman–Crippen LogP) is 2.03. The van der Waals surface area contributed by atoms with Crippen molar-refractivity contribution >= 4 is 5.91 Å². The van der Waals surface area contributed by atoms with Crippen LogP contribution in [0, 0.1) is 0 Å². The monoisotopic (exact) mass is 272 g/mol. The molecule has 0 saturated heterocycles. The van der Waals surface area contributed by atoms with Crippen LogP contribution in [0.25, 0.3) is 5.69 Å². The number of nitrogens with one attached hydrogen (secondary N) is 1. The van der Waals surface area contributed by atoms with Crippen molar-refractivity contribution in [2.24, 2.45) is 5.73 Å². The number of carbonyl (C=O) groups is 1. The number of rotatable bonds is 6. The summed E-state index contributed by atoms with van der Waals surface area (Å²) in [6.45, 7) is 5.21. The molecule has 0 fully saturated rings. The Morgan fingerprint density at radius 3 is 2.55 bits per heavy atom. The van der Waals surface area contributed by atoms with Crippen molar-refractivity contribution in [2.45, 2.75) is 26.3 Å². The first kappa shape index (κ1) is 14.3. The highest BCUT2D eigenvalue weighted by molar-refractivity contribution is 5.92. The molecule has 2 rings (SSSR count). The summed E-state index contributed by atoms with van der Waals surface area (Å²) in [4.78, 5) is 11.1. The van der Waals surface area contributed by atoms with E-state index in [9.17, 15) is 4.79 Å². The molecule has 0 aliphatic heterocycles. The van der Waals surface area contributed by atoms with Gasteiger partial charge in [0, 0.05) is 12.2 Å². The fourth-order valence-corrected chi connectivity index (χ4v) is 2.19. The minimum atomic E-state index is -0.467. The van der Waals surface area contributed by atoms with E-state index in [0.29, 0.717) is 11.6 Å². The molecule has 1 heterocycles. The highest BCUT2D eigenvalue weighted by atomic mass is 16.1. The van der Waals surface area contributed by atoms with E-state index in [1.54, 1.807) is 10.9 Å². The molecule has 3 N–H and O–H groups in total. The van der Waals surface area contributed by atoms with Crippen LogP contribution in [0.15, 0.2) is 36.7 Å². The zero-order valence-corrected chi connectivity index (χ0v) is 11.8. The number of nitrogens with zero attached hydrogens (tertiary/aromatic N) is 2. The molecular formula is C15H20N4O. The summed E-state index contributed by atoms with van der Waals surface area (Å²) in [5.41, 5.74) is 7.79. The highest BCUT2D eigenvalue weighted by Crippen LogP contribution is 2.18. The quantitative estimate of drug-likeness (QED) is 0.845. The fourth-order valence-electron chi connectivity index (χ4n) is 2.19. The van der Waals surface area contributed by atoms with Crippen molar-refractivity contribution in [3.8, 4) is 5.69 Å². The molecule has 0 aliphatic rings. The SMILES string of the molecule is CCNC(CC)c1ccc(-n2cc(C(N)=O)cn2)cc1. The van der Waals surface area contributed by atoms with Crippen molar-refractivity contribution in [2.75, 3.05) is 6.54 Å². The Kier molecular flexibility index (Phi) is 4.53. The zero-order valence-electron chi connectivity index (χ0n) is 11.8. The molecule has 1 aromatic carbocycles. The van der Waals surface area contributed by atoms with Gasteiger partial charge in [0.05, 0.1) is 17.4 Å². The van der Waals surface area contributed by atoms with Crippen LogP contribution in [0.3, 0.4) is 0 Å². The van der Waals surface area contributed by atoms with Gasteiger partial charge in [-0.05, 0) is 30.7 Å². The maximum atomic E-state index is 11.1. The molecule has 5 nitrogen and oxygen atoms in total. The van der Waals surface area contributed by atoms with Crippen molar-refractivity contribution in [3.63, 3.8) is 0 Å². The normalized spacial score (nSPS) is 12.3. The van der Waals surface area contributed by atoms with E-state index in [4.69, 9.17) is 5.73 Å². The van der Waals surface area contributed by atoms with Crippen molar-refractivity contribution in [3.05, 3.63) is 47.8 Å². The number of amides is 1. The molecule has 1 aromatic heterocycles. The summed E-state index contributed by atoms with van der Waals surface area (Å²) in [5.74, 6) is -0.467. The minimum Gasteiger partial charge on any atom is -0.366 e. The zero-order chi connectivity index (χ0) is 14.5. The van der Waals surface area contributed by atoms with Crippen LogP contribution in [-0.4, -0.2) is 22.2 Å². The second-order valence-electron chi connectivity index (χ2n) is 4.65. The first-order chi connectivity index (χ1) is 9.65. The van der Waals surface area contributed by atoms with E-state index < -0.39 is 5.91 Å². The molecule has 0 radical (unpaired) electrons. The molecular weight excluding hydrogens is 252 g/mol. The van der Waals surface area contributed by atoms with Gasteiger partial charge < -0.3 is 11.1 Å². The molecule has 106 valence electrons. The highest BCUT2D eigenvalue weighted by Gasteiger charge is 2.09.